The fourth-order valence-corrected chi connectivity index (χ4v) is 4.97. The Hall–Kier alpha value is -2.92. The van der Waals surface area contributed by atoms with Gasteiger partial charge >= 0.3 is 12.1 Å². The van der Waals surface area contributed by atoms with Crippen LogP contribution in [0, 0.1) is 0 Å². The third kappa shape index (κ3) is 6.21. The number of nitrogens with two attached hydrogens (primary N) is 1. The Morgan fingerprint density at radius 1 is 1.29 bits per heavy atom. The van der Waals surface area contributed by atoms with Gasteiger partial charge in [-0.3, -0.25) is 9.36 Å². The van der Waals surface area contributed by atoms with Crippen LogP contribution in [-0.2, 0) is 11.8 Å². The van der Waals surface area contributed by atoms with E-state index in [9.17, 15) is 19.5 Å². The topological polar surface area (TPSA) is 140 Å². The average Bonchev–Trinajstić information content (AvgIpc) is 2.73. The zero-order valence-corrected chi connectivity index (χ0v) is 21.9. The number of carbonyl (C=O) groups excluding carboxylic acids is 1. The number of hydrogen-bond donors (Lipinski definition) is 3. The normalized spacial score (nSPS) is 15.5. The minimum atomic E-state index is -1.16. The lowest BCUT2D eigenvalue weighted by atomic mass is 9.90. The molecule has 0 atom stereocenters. The molecule has 10 nitrogen and oxygen atoms in total. The summed E-state index contributed by atoms with van der Waals surface area (Å²) < 4.78 is 6.79. The number of anilines is 2. The molecule has 2 aromatic rings. The Morgan fingerprint density at radius 2 is 1.91 bits per heavy atom. The van der Waals surface area contributed by atoms with E-state index in [0.717, 1.165) is 11.8 Å². The summed E-state index contributed by atoms with van der Waals surface area (Å²) in [5, 5.41) is 12.3. The molecule has 1 fully saturated rings. The van der Waals surface area contributed by atoms with Crippen molar-refractivity contribution in [3.05, 3.63) is 39.1 Å². The molecule has 35 heavy (non-hydrogen) atoms. The molecule has 0 unspecified atom stereocenters. The summed E-state index contributed by atoms with van der Waals surface area (Å²) in [4.78, 5) is 43.7. The predicted molar refractivity (Wildman–Crippen MR) is 136 cm³/mol. The molecule has 1 aliphatic heterocycles. The number of halogens is 1. The Labute approximate surface area is 212 Å². The number of carboxylic acid groups (broad SMARTS) is 1. The van der Waals surface area contributed by atoms with Crippen LogP contribution in [0.2, 0.25) is 5.02 Å². The number of benzene rings is 1. The number of aromatic carboxylic acids is 1. The molecular formula is C23H30ClN5O5S. The van der Waals surface area contributed by atoms with Crippen molar-refractivity contribution in [3.63, 3.8) is 0 Å². The summed E-state index contributed by atoms with van der Waals surface area (Å²) in [6.45, 7) is 8.49. The number of nitrogens with one attached hydrogen (secondary N) is 1. The van der Waals surface area contributed by atoms with E-state index in [4.69, 9.17) is 22.1 Å². The standard InChI is InChI=1S/C23H30ClN5O5S/c1-22(2,3)34-21(33)27-23(4)9-11-29(12-10-23)20-26-17(25)16(18(30)28(20)5)35-14-8-6-7-13(15(14)24)19(31)32/h6-8H,9-12,25H2,1-5H3,(H,27,33)(H,31,32). The molecule has 0 bridgehead atoms. The quantitative estimate of drug-likeness (QED) is 0.534. The van der Waals surface area contributed by atoms with Crippen molar-refractivity contribution in [2.45, 2.75) is 61.5 Å². The lowest BCUT2D eigenvalue weighted by Gasteiger charge is -2.40. The minimum Gasteiger partial charge on any atom is -0.478 e. The van der Waals surface area contributed by atoms with Gasteiger partial charge < -0.3 is 25.8 Å². The summed E-state index contributed by atoms with van der Waals surface area (Å²) in [6.07, 6.45) is 0.780. The van der Waals surface area contributed by atoms with Gasteiger partial charge in [-0.15, -0.1) is 0 Å². The van der Waals surface area contributed by atoms with E-state index in [-0.39, 0.29) is 26.9 Å². The largest absolute Gasteiger partial charge is 0.478 e. The lowest BCUT2D eigenvalue weighted by Crippen LogP contribution is -2.55. The van der Waals surface area contributed by atoms with Gasteiger partial charge in [-0.05, 0) is 52.7 Å². The first kappa shape index (κ1) is 26.7. The molecule has 1 aliphatic rings. The van der Waals surface area contributed by atoms with Crippen LogP contribution < -0.4 is 21.5 Å². The van der Waals surface area contributed by atoms with Crippen LogP contribution in [0.4, 0.5) is 16.6 Å². The van der Waals surface area contributed by atoms with Crippen LogP contribution in [0.25, 0.3) is 0 Å². The van der Waals surface area contributed by atoms with Crippen molar-refractivity contribution in [2.75, 3.05) is 23.7 Å². The molecule has 12 heteroatoms. The number of carboxylic acids is 1. The van der Waals surface area contributed by atoms with Crippen LogP contribution in [0.3, 0.4) is 0 Å². The van der Waals surface area contributed by atoms with Gasteiger partial charge in [-0.1, -0.05) is 29.4 Å². The van der Waals surface area contributed by atoms with Crippen LogP contribution in [0.5, 0.6) is 0 Å². The third-order valence-electron chi connectivity index (χ3n) is 5.61. The maximum atomic E-state index is 13.2. The zero-order chi connectivity index (χ0) is 26.1. The number of ether oxygens (including phenoxy) is 1. The fourth-order valence-electron chi connectivity index (χ4n) is 3.70. The monoisotopic (exact) mass is 523 g/mol. The van der Waals surface area contributed by atoms with E-state index in [0.29, 0.717) is 36.8 Å². The molecule has 1 aromatic carbocycles. The van der Waals surface area contributed by atoms with Gasteiger partial charge in [0, 0.05) is 30.6 Å². The first-order chi connectivity index (χ1) is 16.2. The number of nitrogens with zero attached hydrogens (tertiary/aromatic N) is 3. The number of piperidine rings is 1. The van der Waals surface area contributed by atoms with Crippen LogP contribution in [0.1, 0.15) is 50.9 Å². The van der Waals surface area contributed by atoms with Gasteiger partial charge in [0.1, 0.15) is 16.3 Å². The number of alkyl carbamates (subject to hydrolysis) is 1. The molecule has 0 saturated carbocycles. The van der Waals surface area contributed by atoms with E-state index < -0.39 is 23.2 Å². The minimum absolute atomic E-state index is 0.0309. The van der Waals surface area contributed by atoms with Gasteiger partial charge in [0.25, 0.3) is 5.56 Å². The Kier molecular flexibility index (Phi) is 7.61. The summed E-state index contributed by atoms with van der Waals surface area (Å²) in [5.74, 6) is -0.711. The molecule has 4 N–H and O–H groups in total. The van der Waals surface area contributed by atoms with E-state index in [2.05, 4.69) is 10.3 Å². The van der Waals surface area contributed by atoms with Crippen LogP contribution in [-0.4, -0.2) is 50.9 Å². The summed E-state index contributed by atoms with van der Waals surface area (Å²) in [6, 6.07) is 4.56. The molecule has 2 heterocycles. The third-order valence-corrected chi connectivity index (χ3v) is 7.28. The lowest BCUT2D eigenvalue weighted by molar-refractivity contribution is 0.0447. The number of rotatable bonds is 5. The molecule has 0 aliphatic carbocycles. The highest BCUT2D eigenvalue weighted by Gasteiger charge is 2.34. The van der Waals surface area contributed by atoms with Gasteiger partial charge in [0.15, 0.2) is 0 Å². The van der Waals surface area contributed by atoms with E-state index >= 15 is 0 Å². The Balaban J connectivity index is 1.78. The van der Waals surface area contributed by atoms with E-state index in [1.165, 1.54) is 10.6 Å². The first-order valence-electron chi connectivity index (χ1n) is 11.0. The van der Waals surface area contributed by atoms with Crippen LogP contribution in [0.15, 0.2) is 32.8 Å². The van der Waals surface area contributed by atoms with Crippen molar-refractivity contribution >= 4 is 47.2 Å². The second kappa shape index (κ2) is 9.98. The molecule has 1 saturated heterocycles. The molecule has 0 radical (unpaired) electrons. The van der Waals surface area contributed by atoms with Crippen molar-refractivity contribution in [2.24, 2.45) is 7.05 Å². The van der Waals surface area contributed by atoms with Crippen molar-refractivity contribution in [1.29, 1.82) is 0 Å². The zero-order valence-electron chi connectivity index (χ0n) is 20.3. The number of nitrogen functional groups attached to an aromatic ring is 1. The smallest absolute Gasteiger partial charge is 0.408 e. The highest BCUT2D eigenvalue weighted by molar-refractivity contribution is 7.99. The maximum Gasteiger partial charge on any atom is 0.408 e. The molecular weight excluding hydrogens is 494 g/mol. The summed E-state index contributed by atoms with van der Waals surface area (Å²) in [7, 11) is 1.61. The maximum absolute atomic E-state index is 13.2. The van der Waals surface area contributed by atoms with Gasteiger partial charge in [0.2, 0.25) is 5.95 Å². The summed E-state index contributed by atoms with van der Waals surface area (Å²) >= 11 is 7.21. The second-order valence-electron chi connectivity index (χ2n) is 9.69. The van der Waals surface area contributed by atoms with E-state index in [1.807, 2.05) is 32.6 Å². The average molecular weight is 524 g/mol. The molecule has 0 spiro atoms. The van der Waals surface area contributed by atoms with E-state index in [1.54, 1.807) is 19.2 Å². The number of carbonyl (C=O) groups is 2. The number of amides is 1. The first-order valence-corrected chi connectivity index (χ1v) is 12.2. The van der Waals surface area contributed by atoms with Crippen molar-refractivity contribution in [3.8, 4) is 0 Å². The molecule has 1 amide bonds. The Morgan fingerprint density at radius 3 is 2.49 bits per heavy atom. The fraction of sp³-hybridized carbons (Fsp3) is 0.478. The number of hydrogen-bond acceptors (Lipinski definition) is 8. The van der Waals surface area contributed by atoms with Gasteiger partial charge in [-0.25, -0.2) is 9.59 Å². The predicted octanol–water partition coefficient (Wildman–Crippen LogP) is 3.75. The van der Waals surface area contributed by atoms with Crippen LogP contribution >= 0.6 is 23.4 Å². The van der Waals surface area contributed by atoms with Crippen molar-refractivity contribution in [1.82, 2.24) is 14.9 Å². The molecule has 1 aromatic heterocycles. The number of aromatic nitrogens is 2. The van der Waals surface area contributed by atoms with Gasteiger partial charge in [-0.2, -0.15) is 4.98 Å². The van der Waals surface area contributed by atoms with Crippen molar-refractivity contribution < 1.29 is 19.4 Å². The second-order valence-corrected chi connectivity index (χ2v) is 11.1. The highest BCUT2D eigenvalue weighted by atomic mass is 35.5. The Bertz CT molecular complexity index is 1200. The molecule has 190 valence electrons. The van der Waals surface area contributed by atoms with Gasteiger partial charge in [0.05, 0.1) is 10.6 Å². The SMILES string of the molecule is Cn1c(N2CCC(C)(NC(=O)OC(C)(C)C)CC2)nc(N)c(Sc2cccc(C(=O)O)c2Cl)c1=O. The molecule has 3 rings (SSSR count). The highest BCUT2D eigenvalue weighted by Crippen LogP contribution is 2.36. The summed E-state index contributed by atoms with van der Waals surface area (Å²) in [5.41, 5.74) is 4.70.